The number of benzene rings is 1. The molecule has 0 radical (unpaired) electrons. The van der Waals surface area contributed by atoms with E-state index < -0.39 is 0 Å². The van der Waals surface area contributed by atoms with E-state index >= 15 is 0 Å². The SMILES string of the molecule is Cc1cccc(C(=O)Nc2ccnc(CC#N)c2)c1. The van der Waals surface area contributed by atoms with Crippen LogP contribution in [0.25, 0.3) is 0 Å². The molecule has 0 saturated heterocycles. The number of nitrogens with one attached hydrogen (secondary N) is 1. The summed E-state index contributed by atoms with van der Waals surface area (Å²) in [5, 5.41) is 11.4. The lowest BCUT2D eigenvalue weighted by molar-refractivity contribution is 0.102. The van der Waals surface area contributed by atoms with Crippen molar-refractivity contribution in [3.05, 3.63) is 59.4 Å². The normalized spacial score (nSPS) is 9.68. The molecule has 94 valence electrons. The Labute approximate surface area is 111 Å². The number of amides is 1. The third-order valence-electron chi connectivity index (χ3n) is 2.61. The molecule has 0 atom stereocenters. The summed E-state index contributed by atoms with van der Waals surface area (Å²) < 4.78 is 0. The van der Waals surface area contributed by atoms with Crippen LogP contribution in [0.1, 0.15) is 21.6 Å². The molecule has 0 saturated carbocycles. The van der Waals surface area contributed by atoms with Crippen molar-refractivity contribution in [2.24, 2.45) is 0 Å². The number of aromatic nitrogens is 1. The highest BCUT2D eigenvalue weighted by atomic mass is 16.1. The second kappa shape index (κ2) is 5.78. The lowest BCUT2D eigenvalue weighted by atomic mass is 10.1. The largest absolute Gasteiger partial charge is 0.322 e. The van der Waals surface area contributed by atoms with E-state index in [0.29, 0.717) is 16.9 Å². The molecule has 0 aliphatic heterocycles. The minimum absolute atomic E-state index is 0.169. The van der Waals surface area contributed by atoms with E-state index in [1.54, 1.807) is 24.4 Å². The number of anilines is 1. The Morgan fingerprint density at radius 2 is 2.21 bits per heavy atom. The third kappa shape index (κ3) is 3.39. The van der Waals surface area contributed by atoms with Gasteiger partial charge in [-0.1, -0.05) is 17.7 Å². The monoisotopic (exact) mass is 251 g/mol. The highest BCUT2D eigenvalue weighted by Crippen LogP contribution is 2.11. The first-order chi connectivity index (χ1) is 9.19. The van der Waals surface area contributed by atoms with Crippen LogP contribution in [0.2, 0.25) is 0 Å². The fourth-order valence-corrected chi connectivity index (χ4v) is 1.72. The summed E-state index contributed by atoms with van der Waals surface area (Å²) >= 11 is 0. The Morgan fingerprint density at radius 1 is 1.37 bits per heavy atom. The summed E-state index contributed by atoms with van der Waals surface area (Å²) in [6, 6.07) is 12.8. The van der Waals surface area contributed by atoms with Crippen LogP contribution in [0, 0.1) is 18.3 Å². The number of hydrogen-bond acceptors (Lipinski definition) is 3. The van der Waals surface area contributed by atoms with Gasteiger partial charge in [-0.05, 0) is 31.2 Å². The average molecular weight is 251 g/mol. The van der Waals surface area contributed by atoms with Gasteiger partial charge < -0.3 is 5.32 Å². The number of hydrogen-bond donors (Lipinski definition) is 1. The molecule has 1 heterocycles. The Balaban J connectivity index is 2.15. The first-order valence-electron chi connectivity index (χ1n) is 5.89. The molecule has 4 nitrogen and oxygen atoms in total. The summed E-state index contributed by atoms with van der Waals surface area (Å²) in [4.78, 5) is 16.1. The van der Waals surface area contributed by atoms with E-state index in [2.05, 4.69) is 10.3 Å². The number of nitrogens with zero attached hydrogens (tertiary/aromatic N) is 2. The zero-order chi connectivity index (χ0) is 13.7. The maximum Gasteiger partial charge on any atom is 0.255 e. The lowest BCUT2D eigenvalue weighted by Gasteiger charge is -2.06. The minimum atomic E-state index is -0.169. The molecular formula is C15H13N3O. The van der Waals surface area contributed by atoms with Crippen molar-refractivity contribution in [2.75, 3.05) is 5.32 Å². The van der Waals surface area contributed by atoms with Crippen molar-refractivity contribution >= 4 is 11.6 Å². The molecule has 0 bridgehead atoms. The van der Waals surface area contributed by atoms with E-state index in [-0.39, 0.29) is 12.3 Å². The zero-order valence-corrected chi connectivity index (χ0v) is 10.6. The highest BCUT2D eigenvalue weighted by Gasteiger charge is 2.06. The third-order valence-corrected chi connectivity index (χ3v) is 2.61. The number of carbonyl (C=O) groups excluding carboxylic acids is 1. The Bertz CT molecular complexity index is 644. The first kappa shape index (κ1) is 12.8. The summed E-state index contributed by atoms with van der Waals surface area (Å²) in [6.07, 6.45) is 1.81. The molecular weight excluding hydrogens is 238 g/mol. The van der Waals surface area contributed by atoms with E-state index in [4.69, 9.17) is 5.26 Å². The van der Waals surface area contributed by atoms with Crippen LogP contribution in [0.15, 0.2) is 42.6 Å². The van der Waals surface area contributed by atoms with Crippen LogP contribution in [0.4, 0.5) is 5.69 Å². The maximum absolute atomic E-state index is 12.0. The average Bonchev–Trinajstić information content (AvgIpc) is 2.39. The molecule has 0 fully saturated rings. The van der Waals surface area contributed by atoms with Crippen molar-refractivity contribution in [2.45, 2.75) is 13.3 Å². The summed E-state index contributed by atoms with van der Waals surface area (Å²) in [7, 11) is 0. The van der Waals surface area contributed by atoms with Crippen molar-refractivity contribution < 1.29 is 4.79 Å². The van der Waals surface area contributed by atoms with Crippen molar-refractivity contribution in [3.63, 3.8) is 0 Å². The molecule has 4 heteroatoms. The zero-order valence-electron chi connectivity index (χ0n) is 10.6. The van der Waals surface area contributed by atoms with Gasteiger partial charge in [0.1, 0.15) is 0 Å². The Kier molecular flexibility index (Phi) is 3.89. The van der Waals surface area contributed by atoms with E-state index in [0.717, 1.165) is 5.56 Å². The van der Waals surface area contributed by atoms with Gasteiger partial charge in [0.25, 0.3) is 5.91 Å². The Hall–Kier alpha value is -2.67. The summed E-state index contributed by atoms with van der Waals surface area (Å²) in [5.74, 6) is -0.169. The van der Waals surface area contributed by atoms with Gasteiger partial charge in [0.15, 0.2) is 0 Å². The van der Waals surface area contributed by atoms with Crippen LogP contribution in [0.5, 0.6) is 0 Å². The number of rotatable bonds is 3. The topological polar surface area (TPSA) is 65.8 Å². The second-order valence-corrected chi connectivity index (χ2v) is 4.19. The van der Waals surface area contributed by atoms with E-state index in [1.165, 1.54) is 0 Å². The van der Waals surface area contributed by atoms with E-state index in [9.17, 15) is 4.79 Å². The fourth-order valence-electron chi connectivity index (χ4n) is 1.72. The van der Waals surface area contributed by atoms with Crippen LogP contribution in [0.3, 0.4) is 0 Å². The number of aryl methyl sites for hydroxylation is 1. The fraction of sp³-hybridized carbons (Fsp3) is 0.133. The van der Waals surface area contributed by atoms with Gasteiger partial charge >= 0.3 is 0 Å². The molecule has 1 N–H and O–H groups in total. The minimum Gasteiger partial charge on any atom is -0.322 e. The maximum atomic E-state index is 12.0. The van der Waals surface area contributed by atoms with Crippen molar-refractivity contribution in [1.29, 1.82) is 5.26 Å². The van der Waals surface area contributed by atoms with Crippen molar-refractivity contribution in [1.82, 2.24) is 4.98 Å². The highest BCUT2D eigenvalue weighted by molar-refractivity contribution is 6.04. The van der Waals surface area contributed by atoms with Gasteiger partial charge in [0.05, 0.1) is 18.2 Å². The number of pyridine rings is 1. The molecule has 1 amide bonds. The standard InChI is InChI=1S/C15H13N3O/c1-11-3-2-4-12(9-11)15(19)18-14-6-8-17-13(10-14)5-7-16/h2-4,6,8-10H,5H2,1H3,(H,17,18,19). The van der Waals surface area contributed by atoms with Gasteiger partial charge in [-0.2, -0.15) is 5.26 Å². The molecule has 0 spiro atoms. The van der Waals surface area contributed by atoms with Gasteiger partial charge in [-0.25, -0.2) is 0 Å². The Morgan fingerprint density at radius 3 is 2.95 bits per heavy atom. The van der Waals surface area contributed by atoms with Crippen LogP contribution < -0.4 is 5.32 Å². The number of carbonyl (C=O) groups is 1. The quantitative estimate of drug-likeness (QED) is 0.912. The van der Waals surface area contributed by atoms with E-state index in [1.807, 2.05) is 31.2 Å². The molecule has 2 aromatic rings. The summed E-state index contributed by atoms with van der Waals surface area (Å²) in [5.41, 5.74) is 2.93. The predicted molar refractivity (Wildman–Crippen MR) is 72.7 cm³/mol. The molecule has 0 aliphatic carbocycles. The lowest BCUT2D eigenvalue weighted by Crippen LogP contribution is -2.12. The van der Waals surface area contributed by atoms with Crippen LogP contribution in [-0.4, -0.2) is 10.9 Å². The van der Waals surface area contributed by atoms with Gasteiger partial charge in [-0.3, -0.25) is 9.78 Å². The molecule has 2 rings (SSSR count). The molecule has 0 unspecified atom stereocenters. The number of nitriles is 1. The van der Waals surface area contributed by atoms with Crippen molar-refractivity contribution in [3.8, 4) is 6.07 Å². The molecule has 1 aromatic carbocycles. The summed E-state index contributed by atoms with van der Waals surface area (Å²) in [6.45, 7) is 1.94. The van der Waals surface area contributed by atoms with Crippen LogP contribution >= 0.6 is 0 Å². The molecule has 1 aromatic heterocycles. The predicted octanol–water partition coefficient (Wildman–Crippen LogP) is 2.71. The molecule has 19 heavy (non-hydrogen) atoms. The smallest absolute Gasteiger partial charge is 0.255 e. The van der Waals surface area contributed by atoms with Gasteiger partial charge in [0.2, 0.25) is 0 Å². The first-order valence-corrected chi connectivity index (χ1v) is 5.89. The van der Waals surface area contributed by atoms with Crippen LogP contribution in [-0.2, 0) is 6.42 Å². The van der Waals surface area contributed by atoms with Gasteiger partial charge in [0, 0.05) is 17.4 Å². The van der Waals surface area contributed by atoms with Gasteiger partial charge in [-0.15, -0.1) is 0 Å². The molecule has 0 aliphatic rings. The second-order valence-electron chi connectivity index (χ2n) is 4.19.